The van der Waals surface area contributed by atoms with Crippen molar-refractivity contribution in [3.05, 3.63) is 76.6 Å². The number of ether oxygens (including phenoxy) is 1. The van der Waals surface area contributed by atoms with Crippen LogP contribution in [-0.4, -0.2) is 39.7 Å². The summed E-state index contributed by atoms with van der Waals surface area (Å²) in [6, 6.07) is 14.2. The quantitative estimate of drug-likeness (QED) is 0.359. The fourth-order valence-corrected chi connectivity index (χ4v) is 4.37. The molecule has 1 aromatic heterocycles. The molecule has 33 heavy (non-hydrogen) atoms. The van der Waals surface area contributed by atoms with Gasteiger partial charge in [0, 0.05) is 28.2 Å². The Kier molecular flexibility index (Phi) is 6.65. The number of amides is 2. The Morgan fingerprint density at radius 3 is 2.61 bits per heavy atom. The molecule has 4 rings (SSSR count). The summed E-state index contributed by atoms with van der Waals surface area (Å²) in [6.07, 6.45) is 3.48. The van der Waals surface area contributed by atoms with Crippen LogP contribution in [0.25, 0.3) is 17.0 Å². The number of esters is 1. The van der Waals surface area contributed by atoms with Crippen molar-refractivity contribution in [3.63, 3.8) is 0 Å². The molecule has 1 saturated heterocycles. The first-order valence-electron chi connectivity index (χ1n) is 10.6. The minimum atomic E-state index is -0.617. The summed E-state index contributed by atoms with van der Waals surface area (Å²) < 4.78 is 21.2. The largest absolute Gasteiger partial charge is 0.464 e. The van der Waals surface area contributed by atoms with Crippen LogP contribution >= 0.6 is 11.8 Å². The molecule has 3 aromatic rings. The van der Waals surface area contributed by atoms with Crippen molar-refractivity contribution in [2.75, 3.05) is 13.2 Å². The molecule has 2 aromatic carbocycles. The first kappa shape index (κ1) is 22.8. The smallest absolute Gasteiger partial charge is 0.326 e. The van der Waals surface area contributed by atoms with Gasteiger partial charge in [0.25, 0.3) is 11.1 Å². The van der Waals surface area contributed by atoms with Crippen molar-refractivity contribution in [1.82, 2.24) is 9.47 Å². The van der Waals surface area contributed by atoms with E-state index < -0.39 is 23.7 Å². The molecular weight excluding hydrogens is 443 g/mol. The van der Waals surface area contributed by atoms with E-state index in [4.69, 9.17) is 4.74 Å². The zero-order chi connectivity index (χ0) is 23.5. The number of rotatable bonds is 7. The van der Waals surface area contributed by atoms with Crippen LogP contribution in [0.1, 0.15) is 25.0 Å². The SMILES string of the molecule is CC(C)COC(=O)CN1C(=O)S/C(=C\c2cn(Cc3ccccc3F)c3ccccc23)C1=O. The van der Waals surface area contributed by atoms with E-state index in [9.17, 15) is 18.8 Å². The van der Waals surface area contributed by atoms with Crippen molar-refractivity contribution < 1.29 is 23.5 Å². The molecule has 0 atom stereocenters. The lowest BCUT2D eigenvalue weighted by molar-refractivity contribution is -0.147. The Hall–Kier alpha value is -3.39. The van der Waals surface area contributed by atoms with Gasteiger partial charge in [-0.1, -0.05) is 50.2 Å². The molecule has 0 bridgehead atoms. The zero-order valence-electron chi connectivity index (χ0n) is 18.3. The molecule has 2 amide bonds. The second-order valence-electron chi connectivity index (χ2n) is 8.17. The minimum absolute atomic E-state index is 0.158. The number of thioether (sulfide) groups is 1. The van der Waals surface area contributed by atoms with Gasteiger partial charge in [-0.15, -0.1) is 0 Å². The fraction of sp³-hybridized carbons (Fsp3) is 0.240. The fourth-order valence-electron chi connectivity index (χ4n) is 3.54. The van der Waals surface area contributed by atoms with Gasteiger partial charge in [-0.3, -0.25) is 19.3 Å². The van der Waals surface area contributed by atoms with E-state index >= 15 is 0 Å². The summed E-state index contributed by atoms with van der Waals surface area (Å²) in [5.74, 6) is -1.28. The number of carbonyl (C=O) groups excluding carboxylic acids is 3. The van der Waals surface area contributed by atoms with Crippen LogP contribution in [0.2, 0.25) is 0 Å². The average molecular weight is 467 g/mol. The number of halogens is 1. The second kappa shape index (κ2) is 9.62. The summed E-state index contributed by atoms with van der Waals surface area (Å²) in [5.41, 5.74) is 2.16. The highest BCUT2D eigenvalue weighted by molar-refractivity contribution is 8.18. The Morgan fingerprint density at radius 2 is 1.85 bits per heavy atom. The lowest BCUT2D eigenvalue weighted by Crippen LogP contribution is -2.34. The summed E-state index contributed by atoms with van der Waals surface area (Å²) in [7, 11) is 0. The van der Waals surface area contributed by atoms with Crippen LogP contribution in [0.5, 0.6) is 0 Å². The van der Waals surface area contributed by atoms with Crippen LogP contribution in [0.15, 0.2) is 59.6 Å². The van der Waals surface area contributed by atoms with Crippen molar-refractivity contribution >= 4 is 45.9 Å². The average Bonchev–Trinajstić information content (AvgIpc) is 3.26. The Morgan fingerprint density at radius 1 is 1.12 bits per heavy atom. The third kappa shape index (κ3) is 5.01. The van der Waals surface area contributed by atoms with Gasteiger partial charge < -0.3 is 9.30 Å². The van der Waals surface area contributed by atoms with Crippen molar-refractivity contribution in [3.8, 4) is 0 Å². The van der Waals surface area contributed by atoms with Crippen LogP contribution in [0.3, 0.4) is 0 Å². The standard InChI is InChI=1S/C25H23FN2O4S/c1-16(2)15-32-23(29)14-28-24(30)22(33-25(28)31)11-18-13-27(21-10-6-4-8-19(18)21)12-17-7-3-5-9-20(17)26/h3-11,13,16H,12,14-15H2,1-2H3/b22-11-. The van der Waals surface area contributed by atoms with Gasteiger partial charge >= 0.3 is 5.97 Å². The molecule has 0 saturated carbocycles. The van der Waals surface area contributed by atoms with Gasteiger partial charge in [0.2, 0.25) is 0 Å². The number of nitrogens with zero attached hydrogens (tertiary/aromatic N) is 2. The van der Waals surface area contributed by atoms with Crippen molar-refractivity contribution in [2.24, 2.45) is 5.92 Å². The minimum Gasteiger partial charge on any atom is -0.464 e. The van der Waals surface area contributed by atoms with Crippen LogP contribution in [0, 0.1) is 11.7 Å². The van der Waals surface area contributed by atoms with Crippen LogP contribution < -0.4 is 0 Å². The van der Waals surface area contributed by atoms with Gasteiger partial charge in [0.05, 0.1) is 18.1 Å². The topological polar surface area (TPSA) is 68.6 Å². The summed E-state index contributed by atoms with van der Waals surface area (Å²) in [6.45, 7) is 3.94. The Balaban J connectivity index is 1.60. The molecular formula is C25H23FN2O4S. The summed E-state index contributed by atoms with van der Waals surface area (Å²) >= 11 is 0.789. The molecule has 6 nitrogen and oxygen atoms in total. The number of fused-ring (bicyclic) bond motifs is 1. The van der Waals surface area contributed by atoms with E-state index in [0.717, 1.165) is 33.1 Å². The lowest BCUT2D eigenvalue weighted by atomic mass is 10.1. The molecule has 1 aliphatic rings. The Labute approximate surface area is 195 Å². The Bertz CT molecular complexity index is 1260. The molecule has 0 radical (unpaired) electrons. The molecule has 0 N–H and O–H groups in total. The van der Waals surface area contributed by atoms with Crippen LogP contribution in [-0.2, 0) is 20.9 Å². The molecule has 1 aliphatic heterocycles. The normalized spacial score (nSPS) is 15.3. The lowest BCUT2D eigenvalue weighted by Gasteiger charge is -2.12. The number of para-hydroxylation sites is 1. The maximum atomic E-state index is 14.2. The number of carbonyl (C=O) groups is 3. The predicted molar refractivity (Wildman–Crippen MR) is 126 cm³/mol. The van der Waals surface area contributed by atoms with Gasteiger partial charge in [0.1, 0.15) is 12.4 Å². The molecule has 8 heteroatoms. The molecule has 0 aliphatic carbocycles. The molecule has 1 fully saturated rings. The monoisotopic (exact) mass is 466 g/mol. The maximum Gasteiger partial charge on any atom is 0.326 e. The van der Waals surface area contributed by atoms with Crippen LogP contribution in [0.4, 0.5) is 9.18 Å². The van der Waals surface area contributed by atoms with Gasteiger partial charge in [-0.25, -0.2) is 4.39 Å². The number of hydrogen-bond donors (Lipinski definition) is 0. The molecule has 0 unspecified atom stereocenters. The zero-order valence-corrected chi connectivity index (χ0v) is 19.1. The number of hydrogen-bond acceptors (Lipinski definition) is 5. The molecule has 0 spiro atoms. The van der Waals surface area contributed by atoms with Gasteiger partial charge in [-0.05, 0) is 35.9 Å². The number of imide groups is 1. The summed E-state index contributed by atoms with van der Waals surface area (Å²) in [5, 5.41) is 0.361. The summed E-state index contributed by atoms with van der Waals surface area (Å²) in [4.78, 5) is 38.3. The van der Waals surface area contributed by atoms with Crippen molar-refractivity contribution in [2.45, 2.75) is 20.4 Å². The second-order valence-corrected chi connectivity index (χ2v) is 9.16. The predicted octanol–water partition coefficient (Wildman–Crippen LogP) is 5.06. The molecule has 2 heterocycles. The number of benzene rings is 2. The van der Waals surface area contributed by atoms with E-state index in [0.29, 0.717) is 12.1 Å². The van der Waals surface area contributed by atoms with E-state index in [1.165, 1.54) is 6.07 Å². The highest BCUT2D eigenvalue weighted by Gasteiger charge is 2.36. The molecule has 170 valence electrons. The van der Waals surface area contributed by atoms with E-state index in [1.807, 2.05) is 48.9 Å². The van der Waals surface area contributed by atoms with Gasteiger partial charge in [-0.2, -0.15) is 0 Å². The third-order valence-electron chi connectivity index (χ3n) is 5.14. The maximum absolute atomic E-state index is 14.2. The van der Waals surface area contributed by atoms with Gasteiger partial charge in [0.15, 0.2) is 0 Å². The highest BCUT2D eigenvalue weighted by atomic mass is 32.2. The van der Waals surface area contributed by atoms with E-state index in [1.54, 1.807) is 24.3 Å². The first-order valence-corrected chi connectivity index (χ1v) is 11.4. The van der Waals surface area contributed by atoms with E-state index in [2.05, 4.69) is 0 Å². The van der Waals surface area contributed by atoms with E-state index in [-0.39, 0.29) is 23.2 Å². The highest BCUT2D eigenvalue weighted by Crippen LogP contribution is 2.34. The number of aromatic nitrogens is 1. The first-order chi connectivity index (χ1) is 15.8. The third-order valence-corrected chi connectivity index (χ3v) is 6.05. The van der Waals surface area contributed by atoms with Crippen molar-refractivity contribution in [1.29, 1.82) is 0 Å².